The summed E-state index contributed by atoms with van der Waals surface area (Å²) >= 11 is 5.91. The predicted octanol–water partition coefficient (Wildman–Crippen LogP) is 2.67. The monoisotopic (exact) mass is 274 g/mol. The van der Waals surface area contributed by atoms with E-state index in [2.05, 4.69) is 5.43 Å². The van der Waals surface area contributed by atoms with Gasteiger partial charge in [-0.2, -0.15) is 0 Å². The Hall–Kier alpha value is -0.680. The van der Waals surface area contributed by atoms with E-state index in [9.17, 15) is 4.39 Å². The minimum absolute atomic E-state index is 0.0738. The lowest BCUT2D eigenvalue weighted by Crippen LogP contribution is -2.37. The van der Waals surface area contributed by atoms with Gasteiger partial charge < -0.3 is 4.74 Å². The van der Waals surface area contributed by atoms with Gasteiger partial charge in [0, 0.05) is 19.3 Å². The number of rotatable bonds is 8. The number of benzene rings is 1. The Morgan fingerprint density at radius 3 is 2.94 bits per heavy atom. The van der Waals surface area contributed by atoms with E-state index in [4.69, 9.17) is 22.2 Å². The van der Waals surface area contributed by atoms with Crippen LogP contribution in [-0.2, 0) is 11.2 Å². The number of hydrogen-bond acceptors (Lipinski definition) is 3. The Bertz CT molecular complexity index is 363. The van der Waals surface area contributed by atoms with E-state index in [1.54, 1.807) is 6.07 Å². The van der Waals surface area contributed by atoms with Gasteiger partial charge in [-0.05, 0) is 37.8 Å². The molecule has 0 aliphatic heterocycles. The fraction of sp³-hybridized carbons (Fsp3) is 0.538. The van der Waals surface area contributed by atoms with E-state index in [-0.39, 0.29) is 16.9 Å². The van der Waals surface area contributed by atoms with Crippen molar-refractivity contribution < 1.29 is 9.13 Å². The fourth-order valence-corrected chi connectivity index (χ4v) is 2.00. The maximum absolute atomic E-state index is 13.3. The van der Waals surface area contributed by atoms with Crippen LogP contribution in [0, 0.1) is 5.82 Å². The summed E-state index contributed by atoms with van der Waals surface area (Å²) in [6, 6.07) is 4.90. The second kappa shape index (κ2) is 8.43. The molecule has 0 radical (unpaired) electrons. The maximum atomic E-state index is 13.3. The molecule has 1 aromatic rings. The third kappa shape index (κ3) is 4.90. The molecule has 0 saturated heterocycles. The van der Waals surface area contributed by atoms with Crippen molar-refractivity contribution in [3.63, 3.8) is 0 Å². The third-order valence-corrected chi connectivity index (χ3v) is 3.20. The van der Waals surface area contributed by atoms with Crippen molar-refractivity contribution >= 4 is 11.6 Å². The van der Waals surface area contributed by atoms with Gasteiger partial charge >= 0.3 is 0 Å². The van der Waals surface area contributed by atoms with Gasteiger partial charge in [0.25, 0.3) is 0 Å². The summed E-state index contributed by atoms with van der Waals surface area (Å²) in [6.07, 6.45) is 2.39. The molecule has 5 heteroatoms. The van der Waals surface area contributed by atoms with Gasteiger partial charge in [0.15, 0.2) is 0 Å². The van der Waals surface area contributed by atoms with Crippen LogP contribution in [0.25, 0.3) is 0 Å². The first kappa shape index (κ1) is 15.4. The van der Waals surface area contributed by atoms with E-state index in [1.807, 2.05) is 13.0 Å². The summed E-state index contributed by atoms with van der Waals surface area (Å²) in [5.74, 6) is 5.11. The van der Waals surface area contributed by atoms with Crippen LogP contribution in [0.2, 0.25) is 5.02 Å². The Balaban J connectivity index is 2.49. The molecule has 0 spiro atoms. The Kier molecular flexibility index (Phi) is 7.20. The predicted molar refractivity (Wildman–Crippen MR) is 72.0 cm³/mol. The van der Waals surface area contributed by atoms with E-state index in [0.29, 0.717) is 13.0 Å². The molecule has 0 bridgehead atoms. The third-order valence-electron chi connectivity index (χ3n) is 2.78. The van der Waals surface area contributed by atoms with Crippen molar-refractivity contribution in [1.82, 2.24) is 5.43 Å². The summed E-state index contributed by atoms with van der Waals surface area (Å²) in [5, 5.41) is 0.183. The molecule has 102 valence electrons. The van der Waals surface area contributed by atoms with Gasteiger partial charge in [0.2, 0.25) is 0 Å². The molecule has 3 N–H and O–H groups in total. The Labute approximate surface area is 112 Å². The molecule has 0 aromatic heterocycles. The number of ether oxygens (including phenoxy) is 1. The molecule has 1 unspecified atom stereocenters. The van der Waals surface area contributed by atoms with E-state index in [1.165, 1.54) is 6.07 Å². The van der Waals surface area contributed by atoms with Crippen molar-refractivity contribution in [3.8, 4) is 0 Å². The van der Waals surface area contributed by atoms with E-state index >= 15 is 0 Å². The highest BCUT2D eigenvalue weighted by Crippen LogP contribution is 2.21. The van der Waals surface area contributed by atoms with Crippen LogP contribution >= 0.6 is 11.6 Å². The first-order chi connectivity index (χ1) is 8.69. The molecule has 0 amide bonds. The number of halogens is 2. The van der Waals surface area contributed by atoms with Crippen LogP contribution in [0.5, 0.6) is 0 Å². The van der Waals surface area contributed by atoms with Gasteiger partial charge in [0.1, 0.15) is 5.82 Å². The minimum atomic E-state index is -0.390. The second-order valence-corrected chi connectivity index (χ2v) is 4.50. The molecule has 1 rings (SSSR count). The average molecular weight is 275 g/mol. The van der Waals surface area contributed by atoms with Gasteiger partial charge in [-0.15, -0.1) is 0 Å². The minimum Gasteiger partial charge on any atom is -0.382 e. The first-order valence-electron chi connectivity index (χ1n) is 6.15. The molecule has 1 atom stereocenters. The summed E-state index contributed by atoms with van der Waals surface area (Å²) in [7, 11) is 0. The van der Waals surface area contributed by atoms with Crippen LogP contribution < -0.4 is 11.3 Å². The summed E-state index contributed by atoms with van der Waals surface area (Å²) in [6.45, 7) is 3.40. The molecule has 0 heterocycles. The molecular weight excluding hydrogens is 255 g/mol. The summed E-state index contributed by atoms with van der Waals surface area (Å²) < 4.78 is 18.5. The van der Waals surface area contributed by atoms with Crippen molar-refractivity contribution in [3.05, 3.63) is 34.6 Å². The lowest BCUT2D eigenvalue weighted by atomic mass is 10.0. The number of hydrogen-bond donors (Lipinski definition) is 2. The first-order valence-corrected chi connectivity index (χ1v) is 6.53. The van der Waals surface area contributed by atoms with Crippen molar-refractivity contribution in [2.45, 2.75) is 32.2 Å². The van der Waals surface area contributed by atoms with Crippen molar-refractivity contribution in [2.75, 3.05) is 13.2 Å². The summed E-state index contributed by atoms with van der Waals surface area (Å²) in [4.78, 5) is 0. The zero-order valence-corrected chi connectivity index (χ0v) is 11.3. The largest absolute Gasteiger partial charge is 0.382 e. The van der Waals surface area contributed by atoms with Crippen LogP contribution in [0.3, 0.4) is 0 Å². The van der Waals surface area contributed by atoms with Crippen molar-refractivity contribution in [1.29, 1.82) is 0 Å². The highest BCUT2D eigenvalue weighted by Gasteiger charge is 2.12. The van der Waals surface area contributed by atoms with Crippen LogP contribution in [0.15, 0.2) is 18.2 Å². The standard InChI is InChI=1S/C13H20ClFN2O/c1-2-18-8-4-6-11(17-16)9-10-5-3-7-12(15)13(10)14/h3,5,7,11,17H,2,4,6,8-9,16H2,1H3. The second-order valence-electron chi connectivity index (χ2n) is 4.12. The van der Waals surface area contributed by atoms with Crippen LogP contribution in [-0.4, -0.2) is 19.3 Å². The molecule has 0 aliphatic rings. The zero-order valence-electron chi connectivity index (χ0n) is 10.6. The van der Waals surface area contributed by atoms with E-state index in [0.717, 1.165) is 25.0 Å². The van der Waals surface area contributed by atoms with Gasteiger partial charge in [-0.3, -0.25) is 11.3 Å². The van der Waals surface area contributed by atoms with Gasteiger partial charge in [-0.25, -0.2) is 4.39 Å². The highest BCUT2D eigenvalue weighted by atomic mass is 35.5. The van der Waals surface area contributed by atoms with Crippen molar-refractivity contribution in [2.24, 2.45) is 5.84 Å². The lowest BCUT2D eigenvalue weighted by Gasteiger charge is -2.16. The quantitative estimate of drug-likeness (QED) is 0.435. The van der Waals surface area contributed by atoms with E-state index < -0.39 is 0 Å². The summed E-state index contributed by atoms with van der Waals surface area (Å²) in [5.41, 5.74) is 3.51. The molecular formula is C13H20ClFN2O. The number of nitrogens with one attached hydrogen (secondary N) is 1. The average Bonchev–Trinajstić information content (AvgIpc) is 2.38. The molecule has 0 fully saturated rings. The molecule has 18 heavy (non-hydrogen) atoms. The lowest BCUT2D eigenvalue weighted by molar-refractivity contribution is 0.140. The van der Waals surface area contributed by atoms with Gasteiger partial charge in [-0.1, -0.05) is 23.7 Å². The van der Waals surface area contributed by atoms with Gasteiger partial charge in [0.05, 0.1) is 5.02 Å². The molecule has 0 aliphatic carbocycles. The SMILES string of the molecule is CCOCCCC(Cc1cccc(F)c1Cl)NN. The van der Waals surface area contributed by atoms with Crippen LogP contribution in [0.1, 0.15) is 25.3 Å². The fourth-order valence-electron chi connectivity index (χ4n) is 1.79. The zero-order chi connectivity index (χ0) is 13.4. The molecule has 1 aromatic carbocycles. The molecule has 0 saturated carbocycles. The Morgan fingerprint density at radius 2 is 2.28 bits per heavy atom. The van der Waals surface area contributed by atoms with Crippen LogP contribution in [0.4, 0.5) is 4.39 Å². The Morgan fingerprint density at radius 1 is 1.50 bits per heavy atom. The number of nitrogens with two attached hydrogens (primary N) is 1. The number of hydrazine groups is 1. The highest BCUT2D eigenvalue weighted by molar-refractivity contribution is 6.31. The topological polar surface area (TPSA) is 47.3 Å². The molecule has 3 nitrogen and oxygen atoms in total. The normalized spacial score (nSPS) is 12.7. The maximum Gasteiger partial charge on any atom is 0.142 e. The smallest absolute Gasteiger partial charge is 0.142 e.